The number of hydrogen-bond acceptors (Lipinski definition) is 1. The van der Waals surface area contributed by atoms with Crippen molar-refractivity contribution >= 4 is 43.5 Å². The summed E-state index contributed by atoms with van der Waals surface area (Å²) >= 11 is 0. The van der Waals surface area contributed by atoms with Gasteiger partial charge in [0, 0.05) is 33.3 Å². The van der Waals surface area contributed by atoms with Crippen molar-refractivity contribution in [3.63, 3.8) is 0 Å². The second-order valence-electron chi connectivity index (χ2n) is 5.37. The Balaban J connectivity index is 2.25. The number of fused-ring (bicyclic) bond motifs is 8. The van der Waals surface area contributed by atoms with E-state index in [9.17, 15) is 0 Å². The molecule has 98 valence electrons. The van der Waals surface area contributed by atoms with Crippen molar-refractivity contribution in [3.05, 3.63) is 66.9 Å². The van der Waals surface area contributed by atoms with Gasteiger partial charge in [-0.2, -0.15) is 0 Å². The lowest BCUT2D eigenvalue weighted by molar-refractivity contribution is 1.43. The first-order valence-corrected chi connectivity index (χ1v) is 7.09. The van der Waals surface area contributed by atoms with Crippen LogP contribution in [0.4, 0.5) is 0 Å². The smallest absolute Gasteiger partial charge is 0.0808 e. The Morgan fingerprint density at radius 3 is 2.29 bits per heavy atom. The van der Waals surface area contributed by atoms with Crippen molar-refractivity contribution < 1.29 is 0 Å². The number of aromatic amines is 1. The molecular formula is C19H12N2. The summed E-state index contributed by atoms with van der Waals surface area (Å²) in [7, 11) is 0. The van der Waals surface area contributed by atoms with E-state index in [0.717, 1.165) is 11.0 Å². The monoisotopic (exact) mass is 268 g/mol. The fourth-order valence-corrected chi connectivity index (χ4v) is 3.35. The maximum Gasteiger partial charge on any atom is 0.0808 e. The van der Waals surface area contributed by atoms with Crippen LogP contribution in [0.25, 0.3) is 43.5 Å². The third-order valence-electron chi connectivity index (χ3n) is 4.24. The van der Waals surface area contributed by atoms with Crippen molar-refractivity contribution in [1.82, 2.24) is 9.97 Å². The van der Waals surface area contributed by atoms with Crippen LogP contribution in [0, 0.1) is 0 Å². The molecule has 5 aromatic rings. The van der Waals surface area contributed by atoms with Crippen LogP contribution in [0.2, 0.25) is 0 Å². The van der Waals surface area contributed by atoms with E-state index in [2.05, 4.69) is 64.6 Å². The van der Waals surface area contributed by atoms with Crippen LogP contribution in [-0.4, -0.2) is 9.97 Å². The minimum absolute atomic E-state index is 1.07. The maximum atomic E-state index is 4.66. The van der Waals surface area contributed by atoms with Gasteiger partial charge in [0.25, 0.3) is 0 Å². The standard InChI is InChI=1S/C19H12N2/c1-2-7-14-12(6-1)13-9-5-11-20-18(13)17-15-8-3-4-10-16(15)21-19(14)17/h1-11,21H. The van der Waals surface area contributed by atoms with Gasteiger partial charge < -0.3 is 4.98 Å². The second kappa shape index (κ2) is 3.83. The van der Waals surface area contributed by atoms with E-state index in [1.807, 2.05) is 12.3 Å². The number of nitrogens with zero attached hydrogens (tertiary/aromatic N) is 1. The molecule has 3 aromatic carbocycles. The average Bonchev–Trinajstić information content (AvgIpc) is 2.95. The summed E-state index contributed by atoms with van der Waals surface area (Å²) in [5, 5.41) is 6.18. The number of pyridine rings is 1. The zero-order valence-electron chi connectivity index (χ0n) is 11.3. The number of hydrogen-bond donors (Lipinski definition) is 1. The van der Waals surface area contributed by atoms with Crippen molar-refractivity contribution in [2.75, 3.05) is 0 Å². The zero-order chi connectivity index (χ0) is 13.8. The molecule has 0 amide bonds. The van der Waals surface area contributed by atoms with Crippen molar-refractivity contribution in [2.45, 2.75) is 0 Å². The topological polar surface area (TPSA) is 28.7 Å². The molecule has 0 aliphatic carbocycles. The van der Waals surface area contributed by atoms with E-state index in [4.69, 9.17) is 0 Å². The summed E-state index contributed by atoms with van der Waals surface area (Å²) in [6, 6.07) is 21.1. The number of benzene rings is 3. The highest BCUT2D eigenvalue weighted by Crippen LogP contribution is 2.37. The van der Waals surface area contributed by atoms with Crippen LogP contribution < -0.4 is 0 Å². The number of rotatable bonds is 0. The van der Waals surface area contributed by atoms with Crippen LogP contribution >= 0.6 is 0 Å². The average molecular weight is 268 g/mol. The van der Waals surface area contributed by atoms with Crippen molar-refractivity contribution in [1.29, 1.82) is 0 Å². The van der Waals surface area contributed by atoms with Gasteiger partial charge in [-0.1, -0.05) is 48.5 Å². The molecule has 0 unspecified atom stereocenters. The third-order valence-corrected chi connectivity index (χ3v) is 4.24. The fourth-order valence-electron chi connectivity index (χ4n) is 3.35. The van der Waals surface area contributed by atoms with Gasteiger partial charge >= 0.3 is 0 Å². The van der Waals surface area contributed by atoms with E-state index < -0.39 is 0 Å². The van der Waals surface area contributed by atoms with Gasteiger partial charge in [-0.3, -0.25) is 4.98 Å². The molecule has 1 N–H and O–H groups in total. The van der Waals surface area contributed by atoms with Gasteiger partial charge in [0.15, 0.2) is 0 Å². The summed E-state index contributed by atoms with van der Waals surface area (Å²) in [6.07, 6.45) is 1.87. The minimum atomic E-state index is 1.07. The van der Waals surface area contributed by atoms with Crippen LogP contribution in [-0.2, 0) is 0 Å². The number of H-pyrrole nitrogens is 1. The Hall–Kier alpha value is -2.87. The van der Waals surface area contributed by atoms with E-state index in [1.165, 1.54) is 32.4 Å². The van der Waals surface area contributed by atoms with E-state index in [0.29, 0.717) is 0 Å². The molecule has 0 saturated heterocycles. The largest absolute Gasteiger partial charge is 0.354 e. The molecule has 0 saturated carbocycles. The van der Waals surface area contributed by atoms with Crippen LogP contribution in [0.3, 0.4) is 0 Å². The molecule has 0 fully saturated rings. The molecule has 0 spiro atoms. The van der Waals surface area contributed by atoms with Gasteiger partial charge in [-0.25, -0.2) is 0 Å². The molecule has 0 aliphatic heterocycles. The first-order valence-electron chi connectivity index (χ1n) is 7.09. The molecule has 0 bridgehead atoms. The normalized spacial score (nSPS) is 11.8. The van der Waals surface area contributed by atoms with E-state index >= 15 is 0 Å². The highest BCUT2D eigenvalue weighted by atomic mass is 14.7. The van der Waals surface area contributed by atoms with E-state index in [1.54, 1.807) is 0 Å². The summed E-state index contributed by atoms with van der Waals surface area (Å²) in [6.45, 7) is 0. The first-order chi connectivity index (χ1) is 10.4. The van der Waals surface area contributed by atoms with Gasteiger partial charge in [0.05, 0.1) is 11.0 Å². The van der Waals surface area contributed by atoms with Crippen molar-refractivity contribution in [2.24, 2.45) is 0 Å². The molecule has 5 rings (SSSR count). The highest BCUT2D eigenvalue weighted by Gasteiger charge is 2.13. The Morgan fingerprint density at radius 2 is 1.38 bits per heavy atom. The molecule has 0 atom stereocenters. The zero-order valence-corrected chi connectivity index (χ0v) is 11.3. The molecule has 0 aliphatic rings. The maximum absolute atomic E-state index is 4.66. The Labute approximate surface area is 121 Å². The second-order valence-corrected chi connectivity index (χ2v) is 5.37. The van der Waals surface area contributed by atoms with E-state index in [-0.39, 0.29) is 0 Å². The van der Waals surface area contributed by atoms with Crippen LogP contribution in [0.15, 0.2) is 66.9 Å². The lowest BCUT2D eigenvalue weighted by atomic mass is 10.0. The summed E-state index contributed by atoms with van der Waals surface area (Å²) in [4.78, 5) is 8.23. The molecule has 21 heavy (non-hydrogen) atoms. The quantitative estimate of drug-likeness (QED) is 0.392. The van der Waals surface area contributed by atoms with Gasteiger partial charge in [-0.15, -0.1) is 0 Å². The lowest BCUT2D eigenvalue weighted by Gasteiger charge is -2.06. The highest BCUT2D eigenvalue weighted by molar-refractivity contribution is 6.30. The number of para-hydroxylation sites is 1. The first kappa shape index (κ1) is 10.9. The molecule has 2 heteroatoms. The fraction of sp³-hybridized carbons (Fsp3) is 0. The predicted molar refractivity (Wildman–Crippen MR) is 88.6 cm³/mol. The van der Waals surface area contributed by atoms with Gasteiger partial charge in [-0.05, 0) is 17.5 Å². The SMILES string of the molecule is c1ccc2c(c1)[nH]c1c3ccccc3c3cccnc3c21. The summed E-state index contributed by atoms with van der Waals surface area (Å²) in [5.74, 6) is 0. The van der Waals surface area contributed by atoms with Crippen LogP contribution in [0.5, 0.6) is 0 Å². The molecule has 0 radical (unpaired) electrons. The Morgan fingerprint density at radius 1 is 0.667 bits per heavy atom. The minimum Gasteiger partial charge on any atom is -0.354 e. The Bertz CT molecular complexity index is 1140. The third kappa shape index (κ3) is 1.34. The molecule has 2 heterocycles. The Kier molecular flexibility index (Phi) is 1.98. The number of nitrogens with one attached hydrogen (secondary N) is 1. The lowest BCUT2D eigenvalue weighted by Crippen LogP contribution is -1.83. The summed E-state index contributed by atoms with van der Waals surface area (Å²) < 4.78 is 0. The van der Waals surface area contributed by atoms with Gasteiger partial charge in [0.1, 0.15) is 0 Å². The van der Waals surface area contributed by atoms with Crippen molar-refractivity contribution in [3.8, 4) is 0 Å². The van der Waals surface area contributed by atoms with Crippen LogP contribution in [0.1, 0.15) is 0 Å². The molecular weight excluding hydrogens is 256 g/mol. The predicted octanol–water partition coefficient (Wildman–Crippen LogP) is 5.02. The molecule has 2 aromatic heterocycles. The summed E-state index contributed by atoms with van der Waals surface area (Å²) in [5.41, 5.74) is 3.41. The van der Waals surface area contributed by atoms with Gasteiger partial charge in [0.2, 0.25) is 0 Å². The number of aromatic nitrogens is 2. The molecule has 2 nitrogen and oxygen atoms in total.